The molecule has 5 heteroatoms. The highest BCUT2D eigenvalue weighted by Crippen LogP contribution is 2.44. The van der Waals surface area contributed by atoms with Crippen molar-refractivity contribution in [2.75, 3.05) is 0 Å². The number of nitrogens with two attached hydrogens (primary N) is 1. The third kappa shape index (κ3) is 1.47. The third-order valence-electron chi connectivity index (χ3n) is 2.51. The topological polar surface area (TPSA) is 69.2 Å². The maximum atomic E-state index is 10.5. The molecule has 4 nitrogen and oxygen atoms in total. The third-order valence-corrected chi connectivity index (χ3v) is 2.81. The van der Waals surface area contributed by atoms with E-state index in [1.807, 2.05) is 0 Å². The molecule has 0 saturated heterocycles. The predicted octanol–water partition coefficient (Wildman–Crippen LogP) is 2.20. The van der Waals surface area contributed by atoms with Crippen molar-refractivity contribution in [3.05, 3.63) is 38.9 Å². The molecule has 1 saturated carbocycles. The molecule has 1 fully saturated rings. The predicted molar refractivity (Wildman–Crippen MR) is 53.2 cm³/mol. The van der Waals surface area contributed by atoms with Crippen molar-refractivity contribution in [3.8, 4) is 0 Å². The molecule has 0 radical (unpaired) electrons. The van der Waals surface area contributed by atoms with Crippen molar-refractivity contribution >= 4 is 17.3 Å². The van der Waals surface area contributed by atoms with E-state index in [0.29, 0.717) is 0 Å². The molecule has 0 atom stereocenters. The first-order chi connectivity index (χ1) is 6.53. The Kier molecular flexibility index (Phi) is 1.97. The number of halogens is 1. The Bertz CT molecular complexity index is 402. The zero-order chi connectivity index (χ0) is 10.3. The van der Waals surface area contributed by atoms with Crippen molar-refractivity contribution in [1.82, 2.24) is 0 Å². The van der Waals surface area contributed by atoms with Gasteiger partial charge in [0.2, 0.25) is 0 Å². The van der Waals surface area contributed by atoms with Crippen LogP contribution in [0.1, 0.15) is 18.4 Å². The Morgan fingerprint density at radius 2 is 2.14 bits per heavy atom. The molecule has 0 amide bonds. The van der Waals surface area contributed by atoms with E-state index in [1.165, 1.54) is 6.07 Å². The average Bonchev–Trinajstić information content (AvgIpc) is 2.84. The number of nitrogens with zero attached hydrogens (tertiary/aromatic N) is 1. The first-order valence-corrected chi connectivity index (χ1v) is 4.64. The van der Waals surface area contributed by atoms with E-state index in [1.54, 1.807) is 12.1 Å². The van der Waals surface area contributed by atoms with E-state index < -0.39 is 4.92 Å². The number of benzene rings is 1. The Morgan fingerprint density at radius 3 is 2.57 bits per heavy atom. The molecule has 0 unspecified atom stereocenters. The number of hydrogen-bond donors (Lipinski definition) is 1. The first-order valence-electron chi connectivity index (χ1n) is 4.26. The summed E-state index contributed by atoms with van der Waals surface area (Å²) in [5, 5.41) is 10.6. The molecule has 14 heavy (non-hydrogen) atoms. The van der Waals surface area contributed by atoms with E-state index in [2.05, 4.69) is 0 Å². The number of nitro benzene ring substituents is 1. The van der Waals surface area contributed by atoms with E-state index >= 15 is 0 Å². The van der Waals surface area contributed by atoms with Crippen LogP contribution in [0.4, 0.5) is 5.69 Å². The second-order valence-corrected chi connectivity index (χ2v) is 3.99. The minimum absolute atomic E-state index is 0.0698. The summed E-state index contributed by atoms with van der Waals surface area (Å²) in [6.07, 6.45) is 1.84. The lowest BCUT2D eigenvalue weighted by Gasteiger charge is -2.08. The maximum absolute atomic E-state index is 10.5. The smallest absolute Gasteiger partial charge is 0.287 e. The fourth-order valence-corrected chi connectivity index (χ4v) is 1.64. The Labute approximate surface area is 85.8 Å². The van der Waals surface area contributed by atoms with E-state index in [9.17, 15) is 10.1 Å². The van der Waals surface area contributed by atoms with Gasteiger partial charge in [-0.15, -0.1) is 0 Å². The van der Waals surface area contributed by atoms with Crippen LogP contribution in [0.15, 0.2) is 18.2 Å². The summed E-state index contributed by atoms with van der Waals surface area (Å²) in [5.41, 5.74) is 6.45. The van der Waals surface area contributed by atoms with Crippen LogP contribution in [0.3, 0.4) is 0 Å². The van der Waals surface area contributed by atoms with Crippen LogP contribution in [-0.2, 0) is 5.54 Å². The highest BCUT2D eigenvalue weighted by molar-refractivity contribution is 6.32. The van der Waals surface area contributed by atoms with Crippen LogP contribution < -0.4 is 5.73 Å². The van der Waals surface area contributed by atoms with Crippen molar-refractivity contribution in [2.45, 2.75) is 18.4 Å². The van der Waals surface area contributed by atoms with Crippen LogP contribution in [0.5, 0.6) is 0 Å². The average molecular weight is 213 g/mol. The van der Waals surface area contributed by atoms with Gasteiger partial charge in [0.05, 0.1) is 4.92 Å². The fourth-order valence-electron chi connectivity index (χ4n) is 1.39. The normalized spacial score (nSPS) is 17.9. The summed E-state index contributed by atoms with van der Waals surface area (Å²) >= 11 is 5.76. The zero-order valence-corrected chi connectivity index (χ0v) is 8.12. The summed E-state index contributed by atoms with van der Waals surface area (Å²) in [5.74, 6) is 0. The first kappa shape index (κ1) is 9.43. The van der Waals surface area contributed by atoms with Gasteiger partial charge in [0.25, 0.3) is 5.69 Å². The quantitative estimate of drug-likeness (QED) is 0.604. The second-order valence-electron chi connectivity index (χ2n) is 3.58. The van der Waals surface area contributed by atoms with Crippen molar-refractivity contribution in [2.24, 2.45) is 5.73 Å². The summed E-state index contributed by atoms with van der Waals surface area (Å²) in [7, 11) is 0. The summed E-state index contributed by atoms with van der Waals surface area (Å²) in [6.45, 7) is 0. The lowest BCUT2D eigenvalue weighted by molar-refractivity contribution is -0.384. The van der Waals surface area contributed by atoms with Gasteiger partial charge in [0.15, 0.2) is 0 Å². The van der Waals surface area contributed by atoms with Crippen LogP contribution >= 0.6 is 11.6 Å². The lowest BCUT2D eigenvalue weighted by Crippen LogP contribution is -2.18. The van der Waals surface area contributed by atoms with Gasteiger partial charge in [-0.1, -0.05) is 17.7 Å². The molecular weight excluding hydrogens is 204 g/mol. The number of hydrogen-bond acceptors (Lipinski definition) is 3. The van der Waals surface area contributed by atoms with Gasteiger partial charge in [-0.05, 0) is 24.5 Å². The molecule has 1 aliphatic rings. The highest BCUT2D eigenvalue weighted by atomic mass is 35.5. The minimum Gasteiger partial charge on any atom is -0.321 e. The molecule has 2 rings (SSSR count). The van der Waals surface area contributed by atoms with Gasteiger partial charge in [-0.3, -0.25) is 10.1 Å². The molecule has 2 N–H and O–H groups in total. The molecule has 0 bridgehead atoms. The lowest BCUT2D eigenvalue weighted by atomic mass is 10.1. The van der Waals surface area contributed by atoms with Crippen LogP contribution in [0, 0.1) is 10.1 Å². The molecule has 0 aliphatic heterocycles. The van der Waals surface area contributed by atoms with Crippen molar-refractivity contribution in [1.29, 1.82) is 0 Å². The standard InChI is InChI=1S/C9H9ClN2O2/c10-7-5-6(9(11)3-4-9)1-2-8(7)12(13)14/h1-2,5H,3-4,11H2. The van der Waals surface area contributed by atoms with Crippen molar-refractivity contribution in [3.63, 3.8) is 0 Å². The molecular formula is C9H9ClN2O2. The Morgan fingerprint density at radius 1 is 1.50 bits per heavy atom. The largest absolute Gasteiger partial charge is 0.321 e. The van der Waals surface area contributed by atoms with Crippen LogP contribution in [0.25, 0.3) is 0 Å². The monoisotopic (exact) mass is 212 g/mol. The molecule has 0 spiro atoms. The molecule has 0 aromatic heterocycles. The molecule has 1 aromatic rings. The Balaban J connectivity index is 2.40. The summed E-state index contributed by atoms with van der Waals surface area (Å²) < 4.78 is 0. The maximum Gasteiger partial charge on any atom is 0.287 e. The van der Waals surface area contributed by atoms with Crippen LogP contribution in [-0.4, -0.2) is 4.92 Å². The van der Waals surface area contributed by atoms with Gasteiger partial charge in [0, 0.05) is 11.6 Å². The highest BCUT2D eigenvalue weighted by Gasteiger charge is 2.40. The van der Waals surface area contributed by atoms with Gasteiger partial charge in [0.1, 0.15) is 5.02 Å². The van der Waals surface area contributed by atoms with Gasteiger partial charge >= 0.3 is 0 Å². The summed E-state index contributed by atoms with van der Waals surface area (Å²) in [4.78, 5) is 9.99. The number of nitro groups is 1. The molecule has 0 heterocycles. The van der Waals surface area contributed by atoms with Crippen LogP contribution in [0.2, 0.25) is 5.02 Å². The summed E-state index contributed by atoms with van der Waals surface area (Å²) in [6, 6.07) is 4.67. The zero-order valence-electron chi connectivity index (χ0n) is 7.37. The second kappa shape index (κ2) is 2.93. The van der Waals surface area contributed by atoms with E-state index in [0.717, 1.165) is 18.4 Å². The van der Waals surface area contributed by atoms with E-state index in [-0.39, 0.29) is 16.2 Å². The van der Waals surface area contributed by atoms with Crippen molar-refractivity contribution < 1.29 is 4.92 Å². The molecule has 1 aliphatic carbocycles. The molecule has 74 valence electrons. The van der Waals surface area contributed by atoms with Gasteiger partial charge in [-0.2, -0.15) is 0 Å². The fraction of sp³-hybridized carbons (Fsp3) is 0.333. The van der Waals surface area contributed by atoms with Gasteiger partial charge in [-0.25, -0.2) is 0 Å². The minimum atomic E-state index is -0.498. The van der Waals surface area contributed by atoms with E-state index in [4.69, 9.17) is 17.3 Å². The SMILES string of the molecule is NC1(c2ccc([N+](=O)[O-])c(Cl)c2)CC1. The number of rotatable bonds is 2. The molecule has 1 aromatic carbocycles. The Hall–Kier alpha value is -1.13. The van der Waals surface area contributed by atoms with Gasteiger partial charge < -0.3 is 5.73 Å².